The van der Waals surface area contributed by atoms with Crippen molar-refractivity contribution < 1.29 is 4.79 Å². The Hall–Kier alpha value is -2.15. The molecule has 4 aromatic rings. The molecule has 1 amide bonds. The number of fused-ring (bicyclic) bond motifs is 1. The maximum absolute atomic E-state index is 13.4. The number of carbonyl (C=O) groups is 1. The highest BCUT2D eigenvalue weighted by atomic mass is 79.9. The zero-order valence-corrected chi connectivity index (χ0v) is 20.6. The molecule has 0 N–H and O–H groups in total. The molecule has 31 heavy (non-hydrogen) atoms. The summed E-state index contributed by atoms with van der Waals surface area (Å²) >= 11 is 6.90. The summed E-state index contributed by atoms with van der Waals surface area (Å²) in [7, 11) is 0. The van der Waals surface area contributed by atoms with Gasteiger partial charge in [-0.25, -0.2) is 4.98 Å². The van der Waals surface area contributed by atoms with Crippen LogP contribution >= 0.6 is 39.0 Å². The molecule has 4 rings (SSSR count). The number of nitrogens with zero attached hydrogens (tertiary/aromatic N) is 2. The van der Waals surface area contributed by atoms with Gasteiger partial charge in [0.2, 0.25) is 5.91 Å². The lowest BCUT2D eigenvalue weighted by Gasteiger charge is -2.20. The minimum Gasteiger partial charge on any atom is -0.283 e. The highest BCUT2D eigenvalue weighted by Gasteiger charge is 2.21. The van der Waals surface area contributed by atoms with E-state index < -0.39 is 0 Å². The van der Waals surface area contributed by atoms with Crippen molar-refractivity contribution in [2.24, 2.45) is 0 Å². The molecule has 0 aliphatic carbocycles. The summed E-state index contributed by atoms with van der Waals surface area (Å²) in [6.45, 7) is 4.86. The minimum atomic E-state index is 0.0474. The molecule has 3 aromatic carbocycles. The lowest BCUT2D eigenvalue weighted by atomic mass is 10.1. The lowest BCUT2D eigenvalue weighted by Crippen LogP contribution is -2.31. The third-order valence-corrected chi connectivity index (χ3v) is 7.26. The van der Waals surface area contributed by atoms with E-state index in [0.29, 0.717) is 18.2 Å². The number of aromatic nitrogens is 1. The molecule has 0 aliphatic heterocycles. The monoisotopic (exact) mass is 510 g/mol. The molecular weight excluding hydrogens is 488 g/mol. The smallest absolute Gasteiger partial charge is 0.233 e. The maximum Gasteiger partial charge on any atom is 0.233 e. The largest absolute Gasteiger partial charge is 0.283 e. The number of hydrogen-bond acceptors (Lipinski definition) is 4. The number of hydrogen-bond donors (Lipinski definition) is 0. The lowest BCUT2D eigenvalue weighted by molar-refractivity contribution is -0.118. The summed E-state index contributed by atoms with van der Waals surface area (Å²) in [5.41, 5.74) is 3.00. The maximum atomic E-state index is 13.4. The van der Waals surface area contributed by atoms with Crippen molar-refractivity contribution in [2.75, 3.05) is 4.90 Å². The predicted octanol–water partition coefficient (Wildman–Crippen LogP) is 7.34. The molecule has 3 nitrogen and oxygen atoms in total. The summed E-state index contributed by atoms with van der Waals surface area (Å²) in [6, 6.07) is 24.4. The van der Waals surface area contributed by atoms with Crippen LogP contribution in [0.1, 0.15) is 25.0 Å². The van der Waals surface area contributed by atoms with E-state index in [1.54, 1.807) is 11.3 Å². The number of amides is 1. The van der Waals surface area contributed by atoms with Gasteiger partial charge in [-0.3, -0.25) is 9.69 Å². The van der Waals surface area contributed by atoms with E-state index in [4.69, 9.17) is 4.98 Å². The quantitative estimate of drug-likeness (QED) is 0.244. The van der Waals surface area contributed by atoms with Crippen molar-refractivity contribution in [2.45, 2.75) is 37.0 Å². The number of rotatable bonds is 7. The van der Waals surface area contributed by atoms with Gasteiger partial charge in [-0.1, -0.05) is 83.6 Å². The Kier molecular flexibility index (Phi) is 7.10. The van der Waals surface area contributed by atoms with Gasteiger partial charge < -0.3 is 0 Å². The van der Waals surface area contributed by atoms with Crippen LogP contribution in [0.25, 0.3) is 10.2 Å². The van der Waals surface area contributed by atoms with Gasteiger partial charge in [0.25, 0.3) is 0 Å². The van der Waals surface area contributed by atoms with Crippen LogP contribution in [0.15, 0.2) is 82.2 Å². The molecule has 1 heterocycles. The van der Waals surface area contributed by atoms with E-state index in [2.05, 4.69) is 54.0 Å². The van der Waals surface area contributed by atoms with Crippen molar-refractivity contribution in [3.63, 3.8) is 0 Å². The Morgan fingerprint density at radius 1 is 1.03 bits per heavy atom. The van der Waals surface area contributed by atoms with Crippen LogP contribution in [-0.4, -0.2) is 16.1 Å². The molecule has 0 saturated heterocycles. The van der Waals surface area contributed by atoms with E-state index in [0.717, 1.165) is 30.9 Å². The van der Waals surface area contributed by atoms with Crippen molar-refractivity contribution in [3.05, 3.63) is 88.4 Å². The average Bonchev–Trinajstić information content (AvgIpc) is 3.16. The highest BCUT2D eigenvalue weighted by molar-refractivity contribution is 9.10. The molecule has 6 heteroatoms. The van der Waals surface area contributed by atoms with Crippen molar-refractivity contribution >= 4 is 60.3 Å². The fraction of sp³-hybridized carbons (Fsp3) is 0.200. The fourth-order valence-corrected chi connectivity index (χ4v) is 5.63. The summed E-state index contributed by atoms with van der Waals surface area (Å²) in [5.74, 6) is 0.0474. The molecule has 0 unspecified atom stereocenters. The second-order valence-corrected chi connectivity index (χ2v) is 11.1. The van der Waals surface area contributed by atoms with E-state index in [-0.39, 0.29) is 5.91 Å². The predicted molar refractivity (Wildman–Crippen MR) is 136 cm³/mol. The zero-order valence-electron chi connectivity index (χ0n) is 17.4. The molecule has 0 fully saturated rings. The van der Waals surface area contributed by atoms with Crippen molar-refractivity contribution in [1.29, 1.82) is 0 Å². The van der Waals surface area contributed by atoms with E-state index >= 15 is 0 Å². The second-order valence-electron chi connectivity index (χ2n) is 7.56. The third kappa shape index (κ3) is 5.76. The Bertz CT molecular complexity index is 1170. The van der Waals surface area contributed by atoms with Gasteiger partial charge in [0, 0.05) is 14.6 Å². The van der Waals surface area contributed by atoms with Gasteiger partial charge >= 0.3 is 0 Å². The standard InChI is InChI=1S/C25H23BrN2OS2/c1-17(2)30-21-11-8-18(9-12-21)14-24(29)28(16-19-6-4-3-5-7-19)25-27-22-13-10-20(26)15-23(22)31-25/h3-13,15,17H,14,16H2,1-2H3. The van der Waals surface area contributed by atoms with Crippen LogP contribution in [0, 0.1) is 0 Å². The van der Waals surface area contributed by atoms with Crippen LogP contribution in [0.2, 0.25) is 0 Å². The molecule has 0 atom stereocenters. The molecule has 1 aromatic heterocycles. The Morgan fingerprint density at radius 3 is 2.48 bits per heavy atom. The summed E-state index contributed by atoms with van der Waals surface area (Å²) in [4.78, 5) is 21.2. The number of benzene rings is 3. The fourth-order valence-electron chi connectivity index (χ4n) is 3.26. The highest BCUT2D eigenvalue weighted by Crippen LogP contribution is 2.32. The molecule has 158 valence electrons. The van der Waals surface area contributed by atoms with Crippen LogP contribution in [-0.2, 0) is 17.8 Å². The third-order valence-electron chi connectivity index (χ3n) is 4.71. The van der Waals surface area contributed by atoms with Crippen molar-refractivity contribution in [3.8, 4) is 0 Å². The van der Waals surface area contributed by atoms with Gasteiger partial charge in [-0.05, 0) is 41.5 Å². The van der Waals surface area contributed by atoms with Gasteiger partial charge in [0.1, 0.15) is 0 Å². The first kappa shape index (κ1) is 22.1. The van der Waals surface area contributed by atoms with Crippen LogP contribution in [0.4, 0.5) is 5.13 Å². The summed E-state index contributed by atoms with van der Waals surface area (Å²) in [6.07, 6.45) is 0.346. The first-order chi connectivity index (χ1) is 15.0. The van der Waals surface area contributed by atoms with Crippen LogP contribution in [0.5, 0.6) is 0 Å². The van der Waals surface area contributed by atoms with Crippen LogP contribution < -0.4 is 4.90 Å². The van der Waals surface area contributed by atoms with Crippen LogP contribution in [0.3, 0.4) is 0 Å². The summed E-state index contributed by atoms with van der Waals surface area (Å²) in [5, 5.41) is 1.27. The molecule has 0 aliphatic rings. The van der Waals surface area contributed by atoms with Gasteiger partial charge in [0.15, 0.2) is 5.13 Å². The summed E-state index contributed by atoms with van der Waals surface area (Å²) < 4.78 is 2.07. The second kappa shape index (κ2) is 9.98. The van der Waals surface area contributed by atoms with Gasteiger partial charge in [-0.15, -0.1) is 11.8 Å². The molecular formula is C25H23BrN2OS2. The Morgan fingerprint density at radius 2 is 1.77 bits per heavy atom. The molecule has 0 bridgehead atoms. The zero-order chi connectivity index (χ0) is 21.8. The molecule has 0 saturated carbocycles. The first-order valence-electron chi connectivity index (χ1n) is 10.1. The Balaban J connectivity index is 1.60. The minimum absolute atomic E-state index is 0.0474. The number of halogens is 1. The normalized spacial score (nSPS) is 11.2. The van der Waals surface area contributed by atoms with Crippen molar-refractivity contribution in [1.82, 2.24) is 4.98 Å². The first-order valence-corrected chi connectivity index (χ1v) is 12.6. The van der Waals surface area contributed by atoms with E-state index in [1.807, 2.05) is 65.2 Å². The topological polar surface area (TPSA) is 33.2 Å². The van der Waals surface area contributed by atoms with Gasteiger partial charge in [0.05, 0.1) is 23.2 Å². The van der Waals surface area contributed by atoms with E-state index in [9.17, 15) is 4.79 Å². The van der Waals surface area contributed by atoms with E-state index in [1.165, 1.54) is 4.90 Å². The SMILES string of the molecule is CC(C)Sc1ccc(CC(=O)N(Cc2ccccc2)c2nc3ccc(Br)cc3s2)cc1. The number of anilines is 1. The average molecular weight is 512 g/mol. The molecule has 0 spiro atoms. The number of thiazole rings is 1. The van der Waals surface area contributed by atoms with Gasteiger partial charge in [-0.2, -0.15) is 0 Å². The Labute approximate surface area is 199 Å². The number of carbonyl (C=O) groups excluding carboxylic acids is 1. The number of thioether (sulfide) groups is 1. The molecule has 0 radical (unpaired) electrons.